The Kier molecular flexibility index (Phi) is 6.11. The number of benzene rings is 2. The summed E-state index contributed by atoms with van der Waals surface area (Å²) in [6.07, 6.45) is -1.14. The number of ether oxygens (including phenoxy) is 1. The van der Waals surface area contributed by atoms with Gasteiger partial charge < -0.3 is 15.0 Å². The van der Waals surface area contributed by atoms with Gasteiger partial charge in [0.05, 0.1) is 11.6 Å². The van der Waals surface area contributed by atoms with Gasteiger partial charge in [0.1, 0.15) is 0 Å². The molecule has 1 heterocycles. The van der Waals surface area contributed by atoms with Crippen LogP contribution >= 0.6 is 0 Å². The summed E-state index contributed by atoms with van der Waals surface area (Å²) in [7, 11) is 0. The zero-order chi connectivity index (χ0) is 21.0. The molecule has 8 heteroatoms. The van der Waals surface area contributed by atoms with Crippen LogP contribution in [0.1, 0.15) is 20.3 Å². The van der Waals surface area contributed by atoms with Gasteiger partial charge in [-0.05, 0) is 25.3 Å². The number of urea groups is 1. The number of fused-ring (bicyclic) bond motifs is 1. The highest BCUT2D eigenvalue weighted by atomic mass is 16.5. The predicted octanol–water partition coefficient (Wildman–Crippen LogP) is 1.97. The molecule has 0 radical (unpaired) electrons. The number of hydrogen-bond donors (Lipinski definition) is 2. The largest absolute Gasteiger partial charge is 0.452 e. The second-order valence-electron chi connectivity index (χ2n) is 6.83. The number of nitrogens with one attached hydrogen (secondary N) is 2. The molecule has 0 aliphatic carbocycles. The molecule has 0 aromatic heterocycles. The van der Waals surface area contributed by atoms with Crippen molar-refractivity contribution in [2.45, 2.75) is 26.4 Å². The monoisotopic (exact) mass is 397 g/mol. The first-order chi connectivity index (χ1) is 13.9. The van der Waals surface area contributed by atoms with Crippen molar-refractivity contribution in [3.8, 4) is 0 Å². The van der Waals surface area contributed by atoms with Gasteiger partial charge in [0, 0.05) is 24.9 Å². The Bertz CT molecular complexity index is 953. The maximum Gasteiger partial charge on any atom is 0.321 e. The summed E-state index contributed by atoms with van der Waals surface area (Å²) in [6, 6.07) is 12.7. The molecule has 8 nitrogen and oxygen atoms in total. The third-order valence-corrected chi connectivity index (χ3v) is 4.75. The number of anilines is 1. The van der Waals surface area contributed by atoms with Crippen LogP contribution in [0.2, 0.25) is 0 Å². The molecule has 152 valence electrons. The summed E-state index contributed by atoms with van der Waals surface area (Å²) in [5.41, 5.74) is 0.741. The van der Waals surface area contributed by atoms with Gasteiger partial charge in [0.2, 0.25) is 5.91 Å². The maximum absolute atomic E-state index is 12.6. The molecule has 0 bridgehead atoms. The van der Waals surface area contributed by atoms with Gasteiger partial charge in [-0.15, -0.1) is 0 Å². The fourth-order valence-electron chi connectivity index (χ4n) is 3.28. The zero-order valence-corrected chi connectivity index (χ0v) is 16.3. The van der Waals surface area contributed by atoms with Crippen LogP contribution in [-0.2, 0) is 19.1 Å². The second-order valence-corrected chi connectivity index (χ2v) is 6.83. The van der Waals surface area contributed by atoms with Gasteiger partial charge >= 0.3 is 12.0 Å². The van der Waals surface area contributed by atoms with Crippen molar-refractivity contribution in [3.05, 3.63) is 42.5 Å². The highest BCUT2D eigenvalue weighted by molar-refractivity contribution is 6.06. The minimum atomic E-state index is -1.15. The molecule has 0 spiro atoms. The van der Waals surface area contributed by atoms with Gasteiger partial charge in [0.25, 0.3) is 5.91 Å². The summed E-state index contributed by atoms with van der Waals surface area (Å²) in [6.45, 7) is 3.63. The third kappa shape index (κ3) is 4.53. The Balaban J connectivity index is 1.66. The van der Waals surface area contributed by atoms with E-state index in [9.17, 15) is 19.2 Å². The summed E-state index contributed by atoms with van der Waals surface area (Å²) >= 11 is 0. The summed E-state index contributed by atoms with van der Waals surface area (Å²) in [5, 5.41) is 6.44. The number of amides is 4. The number of rotatable bonds is 5. The Morgan fingerprint density at radius 1 is 1.17 bits per heavy atom. The normalized spacial score (nSPS) is 17.1. The molecular weight excluding hydrogens is 374 g/mol. The van der Waals surface area contributed by atoms with Crippen LogP contribution in [-0.4, -0.2) is 43.0 Å². The van der Waals surface area contributed by atoms with Crippen LogP contribution in [0.5, 0.6) is 0 Å². The highest BCUT2D eigenvalue weighted by Crippen LogP contribution is 2.32. The van der Waals surface area contributed by atoms with Crippen LogP contribution in [0.3, 0.4) is 0 Å². The first-order valence-electron chi connectivity index (χ1n) is 9.48. The van der Waals surface area contributed by atoms with E-state index in [0.717, 1.165) is 16.5 Å². The number of esters is 1. The van der Waals surface area contributed by atoms with Gasteiger partial charge in [-0.2, -0.15) is 0 Å². The maximum atomic E-state index is 12.6. The highest BCUT2D eigenvalue weighted by Gasteiger charge is 2.37. The standard InChI is InChI=1S/C21H23N3O5/c1-3-22-21(28)23-19(26)13(2)29-20(27)15-11-18(25)24(12-15)17-10-6-8-14-7-4-5-9-16(14)17/h4-10,13,15H,3,11-12H2,1-2H3,(H2,22,23,26,28)/t13-,15-/m0/s1. The smallest absolute Gasteiger partial charge is 0.321 e. The van der Waals surface area contributed by atoms with E-state index in [2.05, 4.69) is 10.6 Å². The van der Waals surface area contributed by atoms with E-state index in [0.29, 0.717) is 6.54 Å². The molecule has 1 saturated heterocycles. The van der Waals surface area contributed by atoms with Crippen molar-refractivity contribution < 1.29 is 23.9 Å². The fraction of sp³-hybridized carbons (Fsp3) is 0.333. The number of imide groups is 1. The Morgan fingerprint density at radius 2 is 1.90 bits per heavy atom. The van der Waals surface area contributed by atoms with Gasteiger partial charge in [-0.25, -0.2) is 4.79 Å². The van der Waals surface area contributed by atoms with E-state index in [-0.39, 0.29) is 18.9 Å². The van der Waals surface area contributed by atoms with Crippen LogP contribution < -0.4 is 15.5 Å². The Labute approximate surface area is 168 Å². The van der Waals surface area contributed by atoms with Crippen molar-refractivity contribution in [2.24, 2.45) is 5.92 Å². The van der Waals surface area contributed by atoms with E-state index < -0.39 is 29.9 Å². The van der Waals surface area contributed by atoms with Gasteiger partial charge in [-0.1, -0.05) is 36.4 Å². The molecule has 1 aliphatic heterocycles. The van der Waals surface area contributed by atoms with E-state index in [1.54, 1.807) is 11.8 Å². The molecule has 2 N–H and O–H groups in total. The lowest BCUT2D eigenvalue weighted by Gasteiger charge is -2.19. The molecule has 0 unspecified atom stereocenters. The molecule has 1 fully saturated rings. The number of carbonyl (C=O) groups is 4. The summed E-state index contributed by atoms with van der Waals surface area (Å²) in [4.78, 5) is 50.0. The van der Waals surface area contributed by atoms with Crippen LogP contribution in [0, 0.1) is 5.92 Å². The Hall–Kier alpha value is -3.42. The topological polar surface area (TPSA) is 105 Å². The lowest BCUT2D eigenvalue weighted by atomic mass is 10.1. The molecule has 3 rings (SSSR count). The number of carbonyl (C=O) groups excluding carboxylic acids is 4. The van der Waals surface area contributed by atoms with Crippen LogP contribution in [0.25, 0.3) is 10.8 Å². The van der Waals surface area contributed by atoms with E-state index >= 15 is 0 Å². The molecule has 0 saturated carbocycles. The first kappa shape index (κ1) is 20.3. The lowest BCUT2D eigenvalue weighted by molar-refractivity contribution is -0.158. The quantitative estimate of drug-likeness (QED) is 0.751. The van der Waals surface area contributed by atoms with Crippen molar-refractivity contribution in [3.63, 3.8) is 0 Å². The van der Waals surface area contributed by atoms with Crippen molar-refractivity contribution in [1.29, 1.82) is 0 Å². The third-order valence-electron chi connectivity index (χ3n) is 4.75. The van der Waals surface area contributed by atoms with Crippen LogP contribution in [0.4, 0.5) is 10.5 Å². The molecule has 2 aromatic rings. The number of nitrogens with zero attached hydrogens (tertiary/aromatic N) is 1. The molecule has 4 amide bonds. The van der Waals surface area contributed by atoms with Crippen molar-refractivity contribution in [2.75, 3.05) is 18.0 Å². The lowest BCUT2D eigenvalue weighted by Crippen LogP contribution is -2.45. The van der Waals surface area contributed by atoms with Gasteiger partial charge in [-0.3, -0.25) is 19.7 Å². The zero-order valence-electron chi connectivity index (χ0n) is 16.3. The second kappa shape index (κ2) is 8.72. The SMILES string of the molecule is CCNC(=O)NC(=O)[C@H](C)OC(=O)[C@H]1CC(=O)N(c2cccc3ccccc23)C1. The minimum absolute atomic E-state index is 0.00666. The number of hydrogen-bond acceptors (Lipinski definition) is 5. The molecule has 2 atom stereocenters. The van der Waals surface area contributed by atoms with E-state index in [1.807, 2.05) is 42.5 Å². The molecular formula is C21H23N3O5. The van der Waals surface area contributed by atoms with Crippen molar-refractivity contribution in [1.82, 2.24) is 10.6 Å². The van der Waals surface area contributed by atoms with E-state index in [4.69, 9.17) is 4.74 Å². The summed E-state index contributed by atoms with van der Waals surface area (Å²) < 4.78 is 5.19. The Morgan fingerprint density at radius 3 is 2.66 bits per heavy atom. The molecule has 2 aromatic carbocycles. The predicted molar refractivity (Wildman–Crippen MR) is 107 cm³/mol. The molecule has 1 aliphatic rings. The van der Waals surface area contributed by atoms with Gasteiger partial charge in [0.15, 0.2) is 6.10 Å². The molecule has 29 heavy (non-hydrogen) atoms. The fourth-order valence-corrected chi connectivity index (χ4v) is 3.28. The average molecular weight is 397 g/mol. The van der Waals surface area contributed by atoms with Crippen LogP contribution in [0.15, 0.2) is 42.5 Å². The minimum Gasteiger partial charge on any atom is -0.452 e. The first-order valence-corrected chi connectivity index (χ1v) is 9.48. The van der Waals surface area contributed by atoms with E-state index in [1.165, 1.54) is 6.92 Å². The van der Waals surface area contributed by atoms with Crippen molar-refractivity contribution >= 4 is 40.3 Å². The average Bonchev–Trinajstić information content (AvgIpc) is 3.09. The summed E-state index contributed by atoms with van der Waals surface area (Å²) in [5.74, 6) is -2.22.